The molecule has 1 unspecified atom stereocenters. The van der Waals surface area contributed by atoms with Crippen LogP contribution in [0, 0.1) is 5.92 Å². The van der Waals surface area contributed by atoms with Crippen LogP contribution in [0.5, 0.6) is 0 Å². The molecule has 1 fully saturated rings. The van der Waals surface area contributed by atoms with Crippen molar-refractivity contribution in [2.75, 3.05) is 19.6 Å². The molecule has 3 aromatic rings. The summed E-state index contributed by atoms with van der Waals surface area (Å²) in [6.07, 6.45) is 1.12. The zero-order valence-corrected chi connectivity index (χ0v) is 20.6. The maximum atomic E-state index is 12.7. The minimum absolute atomic E-state index is 0.0134. The molecule has 2 heterocycles. The molecule has 0 saturated carbocycles. The first kappa shape index (κ1) is 23.0. The molecule has 1 amide bonds. The number of amides is 1. The molecular formula is C27H31ClN2OS. The Balaban J connectivity index is 1.26. The fraction of sp³-hybridized carbons (Fsp3) is 0.370. The summed E-state index contributed by atoms with van der Waals surface area (Å²) in [7, 11) is 0. The van der Waals surface area contributed by atoms with Gasteiger partial charge in [0, 0.05) is 24.7 Å². The van der Waals surface area contributed by atoms with E-state index in [0.717, 1.165) is 48.6 Å². The lowest BCUT2D eigenvalue weighted by molar-refractivity contribution is 0.0951. The molecule has 0 aliphatic carbocycles. The van der Waals surface area contributed by atoms with Crippen molar-refractivity contribution in [3.8, 4) is 11.1 Å². The molecule has 1 aliphatic heterocycles. The molecule has 168 valence electrons. The Kier molecular flexibility index (Phi) is 7.04. The molecule has 0 radical (unpaired) electrons. The first-order chi connectivity index (χ1) is 15.3. The third-order valence-corrected chi connectivity index (χ3v) is 7.29. The van der Waals surface area contributed by atoms with E-state index < -0.39 is 0 Å². The van der Waals surface area contributed by atoms with Crippen molar-refractivity contribution in [3.63, 3.8) is 0 Å². The van der Waals surface area contributed by atoms with Gasteiger partial charge in [0.15, 0.2) is 0 Å². The van der Waals surface area contributed by atoms with Gasteiger partial charge in [0.05, 0.1) is 4.88 Å². The van der Waals surface area contributed by atoms with Crippen molar-refractivity contribution in [2.24, 2.45) is 5.92 Å². The molecule has 2 aromatic carbocycles. The number of carbonyl (C=O) groups is 1. The van der Waals surface area contributed by atoms with Gasteiger partial charge in [-0.05, 0) is 70.1 Å². The Labute approximate surface area is 200 Å². The fourth-order valence-corrected chi connectivity index (χ4v) is 5.21. The number of thiophene rings is 1. The summed E-state index contributed by atoms with van der Waals surface area (Å²) in [5.74, 6) is 0.514. The summed E-state index contributed by atoms with van der Waals surface area (Å²) in [6, 6.07) is 18.7. The molecule has 1 N–H and O–H groups in total. The van der Waals surface area contributed by atoms with Gasteiger partial charge >= 0.3 is 0 Å². The van der Waals surface area contributed by atoms with Gasteiger partial charge in [-0.2, -0.15) is 0 Å². The van der Waals surface area contributed by atoms with Gasteiger partial charge in [0.1, 0.15) is 0 Å². The highest BCUT2D eigenvalue weighted by Gasteiger charge is 2.23. The lowest BCUT2D eigenvalue weighted by Gasteiger charge is -2.20. The van der Waals surface area contributed by atoms with Crippen LogP contribution in [0.25, 0.3) is 11.1 Å². The van der Waals surface area contributed by atoms with Crippen LogP contribution >= 0.6 is 22.9 Å². The first-order valence-electron chi connectivity index (χ1n) is 11.2. The highest BCUT2D eigenvalue weighted by atomic mass is 35.5. The predicted octanol–water partition coefficient (Wildman–Crippen LogP) is 6.62. The summed E-state index contributed by atoms with van der Waals surface area (Å²) < 4.78 is 0. The van der Waals surface area contributed by atoms with Gasteiger partial charge in [-0.25, -0.2) is 0 Å². The molecule has 1 saturated heterocycles. The number of nitrogens with one attached hydrogen (secondary N) is 1. The monoisotopic (exact) mass is 466 g/mol. The third kappa shape index (κ3) is 5.80. The van der Waals surface area contributed by atoms with Gasteiger partial charge < -0.3 is 5.32 Å². The van der Waals surface area contributed by atoms with E-state index in [1.807, 2.05) is 35.7 Å². The molecule has 3 nitrogen and oxygen atoms in total. The maximum Gasteiger partial charge on any atom is 0.261 e. The van der Waals surface area contributed by atoms with E-state index in [-0.39, 0.29) is 11.3 Å². The summed E-state index contributed by atoms with van der Waals surface area (Å²) >= 11 is 7.57. The normalized spacial score (nSPS) is 16.9. The van der Waals surface area contributed by atoms with Crippen molar-refractivity contribution in [3.05, 3.63) is 81.0 Å². The van der Waals surface area contributed by atoms with E-state index in [1.54, 1.807) is 0 Å². The number of benzene rings is 2. The number of carbonyl (C=O) groups excluding carboxylic acids is 1. The van der Waals surface area contributed by atoms with Crippen LogP contribution in [0.2, 0.25) is 5.02 Å². The zero-order valence-electron chi connectivity index (χ0n) is 19.0. The van der Waals surface area contributed by atoms with Gasteiger partial charge in [0.25, 0.3) is 5.91 Å². The Hall–Kier alpha value is -2.14. The molecule has 1 aliphatic rings. The second-order valence-corrected chi connectivity index (χ2v) is 11.1. The number of rotatable bonds is 6. The Morgan fingerprint density at radius 3 is 2.62 bits per heavy atom. The highest BCUT2D eigenvalue weighted by molar-refractivity contribution is 7.12. The van der Waals surface area contributed by atoms with Crippen molar-refractivity contribution >= 4 is 28.8 Å². The largest absolute Gasteiger partial charge is 0.351 e. The van der Waals surface area contributed by atoms with Gasteiger partial charge in [0.2, 0.25) is 0 Å². The van der Waals surface area contributed by atoms with Crippen LogP contribution in [-0.4, -0.2) is 30.4 Å². The van der Waals surface area contributed by atoms with E-state index >= 15 is 0 Å². The SMILES string of the molecule is CC(C)(C)c1ccc(CN2CCC(CNC(=O)c3cc(-c4cccc(Cl)c4)cs3)C2)cc1. The molecule has 1 aromatic heterocycles. The third-order valence-electron chi connectivity index (χ3n) is 6.13. The molecule has 0 bridgehead atoms. The molecular weight excluding hydrogens is 436 g/mol. The van der Waals surface area contributed by atoms with Crippen molar-refractivity contribution < 1.29 is 4.79 Å². The summed E-state index contributed by atoms with van der Waals surface area (Å²) in [5, 5.41) is 5.87. The summed E-state index contributed by atoms with van der Waals surface area (Å²) in [6.45, 7) is 10.5. The highest BCUT2D eigenvalue weighted by Crippen LogP contribution is 2.28. The van der Waals surface area contributed by atoms with Crippen molar-refractivity contribution in [2.45, 2.75) is 39.2 Å². The van der Waals surface area contributed by atoms with Crippen molar-refractivity contribution in [1.82, 2.24) is 10.2 Å². The Morgan fingerprint density at radius 2 is 1.91 bits per heavy atom. The first-order valence-corrected chi connectivity index (χ1v) is 12.5. The van der Waals surface area contributed by atoms with Crippen molar-refractivity contribution in [1.29, 1.82) is 0 Å². The standard InChI is InChI=1S/C27H31ClN2OS/c1-27(2,3)23-9-7-19(8-10-23)16-30-12-11-20(17-30)15-29-26(31)25-14-22(18-32-25)21-5-4-6-24(28)13-21/h4-10,13-14,18,20H,11-12,15-17H2,1-3H3,(H,29,31). The maximum absolute atomic E-state index is 12.7. The van der Waals surface area contributed by atoms with Gasteiger partial charge in [-0.1, -0.05) is 68.8 Å². The Bertz CT molecular complexity index is 1070. The van der Waals surface area contributed by atoms with E-state index in [4.69, 9.17) is 11.6 Å². The molecule has 4 rings (SSSR count). The average Bonchev–Trinajstić information content (AvgIpc) is 3.42. The van der Waals surface area contributed by atoms with Crippen LogP contribution in [0.1, 0.15) is 48.0 Å². The Morgan fingerprint density at radius 1 is 1.12 bits per heavy atom. The van der Waals surface area contributed by atoms with Crippen LogP contribution in [0.3, 0.4) is 0 Å². The van der Waals surface area contributed by atoms with Crippen LogP contribution < -0.4 is 5.32 Å². The summed E-state index contributed by atoms with van der Waals surface area (Å²) in [5.41, 5.74) is 4.99. The predicted molar refractivity (Wildman–Crippen MR) is 136 cm³/mol. The van der Waals surface area contributed by atoms with E-state index in [1.165, 1.54) is 22.5 Å². The number of hydrogen-bond acceptors (Lipinski definition) is 3. The van der Waals surface area contributed by atoms with Crippen LogP contribution in [-0.2, 0) is 12.0 Å². The quantitative estimate of drug-likeness (QED) is 0.442. The van der Waals surface area contributed by atoms with Gasteiger partial charge in [-0.3, -0.25) is 9.69 Å². The van der Waals surface area contributed by atoms with Crippen LogP contribution in [0.15, 0.2) is 60.0 Å². The molecule has 0 spiro atoms. The number of nitrogens with zero attached hydrogens (tertiary/aromatic N) is 1. The second kappa shape index (κ2) is 9.78. The van der Waals surface area contributed by atoms with E-state index in [2.05, 4.69) is 55.3 Å². The lowest BCUT2D eigenvalue weighted by atomic mass is 9.87. The number of halogens is 1. The van der Waals surface area contributed by atoms with E-state index in [0.29, 0.717) is 10.9 Å². The van der Waals surface area contributed by atoms with Gasteiger partial charge in [-0.15, -0.1) is 11.3 Å². The smallest absolute Gasteiger partial charge is 0.261 e. The minimum atomic E-state index is 0.0134. The minimum Gasteiger partial charge on any atom is -0.351 e. The molecule has 5 heteroatoms. The number of likely N-dealkylation sites (tertiary alicyclic amines) is 1. The van der Waals surface area contributed by atoms with Crippen LogP contribution in [0.4, 0.5) is 0 Å². The molecule has 32 heavy (non-hydrogen) atoms. The second-order valence-electron chi connectivity index (χ2n) is 9.76. The average molecular weight is 467 g/mol. The topological polar surface area (TPSA) is 32.3 Å². The zero-order chi connectivity index (χ0) is 22.7. The summed E-state index contributed by atoms with van der Waals surface area (Å²) in [4.78, 5) is 15.9. The lowest BCUT2D eigenvalue weighted by Crippen LogP contribution is -2.30. The number of hydrogen-bond donors (Lipinski definition) is 1. The molecule has 1 atom stereocenters. The van der Waals surface area contributed by atoms with E-state index in [9.17, 15) is 4.79 Å². The fourth-order valence-electron chi connectivity index (χ4n) is 4.19.